The minimum absolute atomic E-state index is 0.144. The van der Waals surface area contributed by atoms with Gasteiger partial charge in [-0.25, -0.2) is 8.42 Å². The number of ether oxygens (including phenoxy) is 3. The zero-order valence-corrected chi connectivity index (χ0v) is 15.0. The molecule has 8 heteroatoms. The third-order valence-electron chi connectivity index (χ3n) is 3.72. The van der Waals surface area contributed by atoms with Gasteiger partial charge in [0.2, 0.25) is 5.79 Å². The van der Waals surface area contributed by atoms with E-state index in [1.54, 1.807) is 43.5 Å². The number of methoxy groups -OCH3 is 1. The molecule has 3 rings (SSSR count). The van der Waals surface area contributed by atoms with E-state index in [1.165, 1.54) is 6.07 Å². The smallest absolute Gasteiger partial charge is 0.261 e. The van der Waals surface area contributed by atoms with Crippen LogP contribution in [-0.2, 0) is 24.3 Å². The van der Waals surface area contributed by atoms with Crippen LogP contribution in [-0.4, -0.2) is 28.7 Å². The van der Waals surface area contributed by atoms with E-state index in [-0.39, 0.29) is 15.5 Å². The largest absolute Gasteiger partial charge is 0.497 e. The van der Waals surface area contributed by atoms with Gasteiger partial charge >= 0.3 is 0 Å². The van der Waals surface area contributed by atoms with Gasteiger partial charge in [-0.05, 0) is 36.4 Å². The predicted molar refractivity (Wildman–Crippen MR) is 90.2 cm³/mol. The fourth-order valence-electron chi connectivity index (χ4n) is 2.67. The molecule has 1 fully saturated rings. The fourth-order valence-corrected chi connectivity index (χ4v) is 4.02. The summed E-state index contributed by atoms with van der Waals surface area (Å²) in [5, 5.41) is 0.251. The number of halogens is 2. The van der Waals surface area contributed by atoms with E-state index in [4.69, 9.17) is 36.5 Å². The van der Waals surface area contributed by atoms with E-state index in [1.807, 2.05) is 0 Å². The van der Waals surface area contributed by atoms with Crippen LogP contribution in [0.15, 0.2) is 47.4 Å². The topological polar surface area (TPSA) is 61.8 Å². The quantitative estimate of drug-likeness (QED) is 0.749. The first-order valence-corrected chi connectivity index (χ1v) is 9.73. The number of hydrogen-bond donors (Lipinski definition) is 0. The van der Waals surface area contributed by atoms with Crippen LogP contribution < -0.4 is 4.74 Å². The lowest BCUT2D eigenvalue weighted by atomic mass is 9.97. The molecule has 2 aromatic rings. The molecule has 2 aromatic carbocycles. The molecule has 0 bridgehead atoms. The molecule has 0 aromatic heterocycles. The van der Waals surface area contributed by atoms with E-state index in [2.05, 4.69) is 0 Å². The second-order valence-electron chi connectivity index (χ2n) is 5.12. The van der Waals surface area contributed by atoms with Crippen molar-refractivity contribution in [1.29, 1.82) is 0 Å². The normalized spacial score (nSPS) is 17.0. The van der Waals surface area contributed by atoms with Gasteiger partial charge in [-0.15, -0.1) is 0 Å². The van der Waals surface area contributed by atoms with Gasteiger partial charge in [0, 0.05) is 26.8 Å². The second-order valence-corrected chi connectivity index (χ2v) is 8.09. The zero-order valence-electron chi connectivity index (χ0n) is 12.7. The minimum atomic E-state index is -4.05. The predicted octanol–water partition coefficient (Wildman–Crippen LogP) is 3.52. The van der Waals surface area contributed by atoms with Crippen molar-refractivity contribution in [3.8, 4) is 5.75 Å². The van der Waals surface area contributed by atoms with Crippen molar-refractivity contribution in [2.45, 2.75) is 10.7 Å². The maximum atomic E-state index is 12.0. The standard InChI is InChI=1S/C16H14Cl2O5S/c1-21-13-5-2-11(3-6-13)16(22-8-9-23-16)14-7-4-12(17)10-15(14)24(18,19)20/h2-7,10H,8-9H2,1H3. The molecular weight excluding hydrogens is 375 g/mol. The Hall–Kier alpha value is -1.31. The Bertz CT molecular complexity index is 843. The summed E-state index contributed by atoms with van der Waals surface area (Å²) in [6.45, 7) is 0.632. The third kappa shape index (κ3) is 3.12. The van der Waals surface area contributed by atoms with Crippen LogP contribution in [0.5, 0.6) is 5.75 Å². The molecule has 0 saturated carbocycles. The van der Waals surface area contributed by atoms with Crippen LogP contribution in [0.1, 0.15) is 11.1 Å². The van der Waals surface area contributed by atoms with Gasteiger partial charge in [0.15, 0.2) is 0 Å². The van der Waals surface area contributed by atoms with Crippen LogP contribution in [0, 0.1) is 0 Å². The molecule has 0 atom stereocenters. The maximum absolute atomic E-state index is 12.0. The van der Waals surface area contributed by atoms with Crippen molar-refractivity contribution >= 4 is 31.3 Å². The molecule has 0 spiro atoms. The summed E-state index contributed by atoms with van der Waals surface area (Å²) in [6.07, 6.45) is 0. The fraction of sp³-hybridized carbons (Fsp3) is 0.250. The Morgan fingerprint density at radius 2 is 1.71 bits per heavy atom. The Morgan fingerprint density at radius 3 is 2.25 bits per heavy atom. The SMILES string of the molecule is COc1ccc(C2(c3ccc(Cl)cc3S(=O)(=O)Cl)OCCO2)cc1. The molecule has 0 unspecified atom stereocenters. The van der Waals surface area contributed by atoms with Gasteiger partial charge in [0.1, 0.15) is 5.75 Å². The van der Waals surface area contributed by atoms with E-state index < -0.39 is 14.8 Å². The summed E-state index contributed by atoms with van der Waals surface area (Å²) in [4.78, 5) is -0.144. The zero-order chi connectivity index (χ0) is 17.4. The molecule has 1 saturated heterocycles. The van der Waals surface area contributed by atoms with E-state index in [0.717, 1.165) is 0 Å². The van der Waals surface area contributed by atoms with Crippen LogP contribution in [0.4, 0.5) is 0 Å². The average molecular weight is 389 g/mol. The molecule has 128 valence electrons. The lowest BCUT2D eigenvalue weighted by Crippen LogP contribution is -2.30. The number of hydrogen-bond acceptors (Lipinski definition) is 5. The molecule has 1 heterocycles. The van der Waals surface area contributed by atoms with Crippen LogP contribution >= 0.6 is 22.3 Å². The van der Waals surface area contributed by atoms with E-state index >= 15 is 0 Å². The monoisotopic (exact) mass is 388 g/mol. The molecule has 24 heavy (non-hydrogen) atoms. The average Bonchev–Trinajstić information content (AvgIpc) is 3.05. The van der Waals surface area contributed by atoms with Gasteiger partial charge in [-0.1, -0.05) is 17.7 Å². The lowest BCUT2D eigenvalue weighted by molar-refractivity contribution is -0.131. The van der Waals surface area contributed by atoms with Crippen molar-refractivity contribution in [1.82, 2.24) is 0 Å². The summed E-state index contributed by atoms with van der Waals surface area (Å²) in [7, 11) is 3.10. The van der Waals surface area contributed by atoms with Crippen molar-refractivity contribution in [3.63, 3.8) is 0 Å². The molecule has 0 aliphatic carbocycles. The maximum Gasteiger partial charge on any atom is 0.261 e. The van der Waals surface area contributed by atoms with Gasteiger partial charge in [0.05, 0.1) is 25.2 Å². The summed E-state index contributed by atoms with van der Waals surface area (Å²) in [5.74, 6) is -0.707. The van der Waals surface area contributed by atoms with Gasteiger partial charge in [-0.2, -0.15) is 0 Å². The Morgan fingerprint density at radius 1 is 1.08 bits per heavy atom. The molecule has 0 amide bonds. The first-order valence-electron chi connectivity index (χ1n) is 7.04. The Balaban J connectivity index is 2.22. The highest BCUT2D eigenvalue weighted by molar-refractivity contribution is 8.13. The highest BCUT2D eigenvalue weighted by Crippen LogP contribution is 2.43. The molecule has 0 radical (unpaired) electrons. The van der Waals surface area contributed by atoms with Crippen molar-refractivity contribution < 1.29 is 22.6 Å². The minimum Gasteiger partial charge on any atom is -0.497 e. The van der Waals surface area contributed by atoms with E-state index in [0.29, 0.717) is 24.5 Å². The molecule has 5 nitrogen and oxygen atoms in total. The van der Waals surface area contributed by atoms with Crippen molar-refractivity contribution in [2.75, 3.05) is 20.3 Å². The first-order chi connectivity index (χ1) is 11.4. The Labute approximate surface area is 149 Å². The highest BCUT2D eigenvalue weighted by atomic mass is 35.7. The summed E-state index contributed by atoms with van der Waals surface area (Å²) in [6, 6.07) is 11.4. The Kier molecular flexibility index (Phi) is 4.77. The molecule has 0 N–H and O–H groups in total. The molecule has 1 aliphatic rings. The summed E-state index contributed by atoms with van der Waals surface area (Å²) in [5.41, 5.74) is 0.911. The van der Waals surface area contributed by atoms with Gasteiger partial charge in [-0.3, -0.25) is 0 Å². The molecule has 1 aliphatic heterocycles. The van der Waals surface area contributed by atoms with Crippen LogP contribution in [0.25, 0.3) is 0 Å². The van der Waals surface area contributed by atoms with Crippen LogP contribution in [0.2, 0.25) is 5.02 Å². The summed E-state index contributed by atoms with van der Waals surface area (Å²) >= 11 is 5.94. The van der Waals surface area contributed by atoms with E-state index in [9.17, 15) is 8.42 Å². The van der Waals surface area contributed by atoms with Crippen LogP contribution in [0.3, 0.4) is 0 Å². The van der Waals surface area contributed by atoms with Crippen molar-refractivity contribution in [3.05, 3.63) is 58.6 Å². The third-order valence-corrected chi connectivity index (χ3v) is 5.32. The number of rotatable bonds is 4. The number of benzene rings is 2. The highest BCUT2D eigenvalue weighted by Gasteiger charge is 2.44. The molecular formula is C16H14Cl2O5S. The first kappa shape index (κ1) is 17.5. The van der Waals surface area contributed by atoms with Crippen molar-refractivity contribution in [2.24, 2.45) is 0 Å². The van der Waals surface area contributed by atoms with Gasteiger partial charge < -0.3 is 14.2 Å². The second kappa shape index (κ2) is 6.54. The lowest BCUT2D eigenvalue weighted by Gasteiger charge is -2.29. The van der Waals surface area contributed by atoms with Gasteiger partial charge in [0.25, 0.3) is 9.05 Å². The summed E-state index contributed by atoms with van der Waals surface area (Å²) < 4.78 is 40.8.